The van der Waals surface area contributed by atoms with Gasteiger partial charge in [-0.2, -0.15) is 0 Å². The maximum atomic E-state index is 5.32. The molecular weight excluding hydrogens is 204 g/mol. The van der Waals surface area contributed by atoms with E-state index in [0.717, 1.165) is 26.2 Å². The van der Waals surface area contributed by atoms with E-state index in [1.807, 2.05) is 0 Å². The molecule has 0 aromatic carbocycles. The molecule has 0 aliphatic carbocycles. The van der Waals surface area contributed by atoms with E-state index in [1.54, 1.807) is 14.2 Å². The van der Waals surface area contributed by atoms with Crippen LogP contribution in [-0.2, 0) is 9.47 Å². The number of hydrogen-bond donors (Lipinski definition) is 1. The highest BCUT2D eigenvalue weighted by atomic mass is 16.5. The van der Waals surface area contributed by atoms with Crippen LogP contribution in [0.4, 0.5) is 0 Å². The Morgan fingerprint density at radius 3 is 2.81 bits per heavy atom. The van der Waals surface area contributed by atoms with Gasteiger partial charge in [-0.15, -0.1) is 0 Å². The van der Waals surface area contributed by atoms with Crippen molar-refractivity contribution in [3.8, 4) is 0 Å². The summed E-state index contributed by atoms with van der Waals surface area (Å²) < 4.78 is 10.5. The Morgan fingerprint density at radius 1 is 1.44 bits per heavy atom. The van der Waals surface area contributed by atoms with Crippen molar-refractivity contribution >= 4 is 0 Å². The summed E-state index contributed by atoms with van der Waals surface area (Å²) in [5, 5.41) is 3.53. The van der Waals surface area contributed by atoms with Crippen LogP contribution in [0.25, 0.3) is 0 Å². The van der Waals surface area contributed by atoms with Crippen LogP contribution in [0.3, 0.4) is 0 Å². The van der Waals surface area contributed by atoms with Crippen molar-refractivity contribution < 1.29 is 9.47 Å². The number of nitrogens with one attached hydrogen (secondary N) is 1. The van der Waals surface area contributed by atoms with Crippen molar-refractivity contribution in [2.24, 2.45) is 0 Å². The van der Waals surface area contributed by atoms with Gasteiger partial charge in [-0.3, -0.25) is 4.90 Å². The molecule has 96 valence electrons. The molecule has 0 aromatic heterocycles. The van der Waals surface area contributed by atoms with Crippen molar-refractivity contribution in [3.05, 3.63) is 0 Å². The summed E-state index contributed by atoms with van der Waals surface area (Å²) in [7, 11) is 3.53. The maximum Gasteiger partial charge on any atom is 0.0670 e. The largest absolute Gasteiger partial charge is 0.383 e. The van der Waals surface area contributed by atoms with E-state index in [9.17, 15) is 0 Å². The van der Waals surface area contributed by atoms with Gasteiger partial charge in [0, 0.05) is 39.9 Å². The molecule has 1 fully saturated rings. The molecule has 1 N–H and O–H groups in total. The highest BCUT2D eigenvalue weighted by Gasteiger charge is 2.18. The lowest BCUT2D eigenvalue weighted by Crippen LogP contribution is -2.42. The normalized spacial score (nSPS) is 22.9. The molecule has 0 bridgehead atoms. The number of nitrogens with zero attached hydrogens (tertiary/aromatic N) is 1. The number of ether oxygens (including phenoxy) is 2. The van der Waals surface area contributed by atoms with Crippen LogP contribution in [-0.4, -0.2) is 64.1 Å². The Bertz CT molecular complexity index is 172. The molecule has 0 radical (unpaired) electrons. The van der Waals surface area contributed by atoms with Crippen LogP contribution in [0.1, 0.15) is 19.8 Å². The number of methoxy groups -OCH3 is 2. The third-order valence-electron chi connectivity index (χ3n) is 3.17. The molecule has 0 spiro atoms. The maximum absolute atomic E-state index is 5.32. The van der Waals surface area contributed by atoms with Gasteiger partial charge in [0.15, 0.2) is 0 Å². The molecule has 1 heterocycles. The lowest BCUT2D eigenvalue weighted by molar-refractivity contribution is 0.0612. The molecular formula is C12H26N2O2. The van der Waals surface area contributed by atoms with Gasteiger partial charge in [-0.05, 0) is 26.3 Å². The molecule has 1 rings (SSSR count). The van der Waals surface area contributed by atoms with Gasteiger partial charge >= 0.3 is 0 Å². The average Bonchev–Trinajstić information content (AvgIpc) is 2.78. The van der Waals surface area contributed by atoms with E-state index in [0.29, 0.717) is 12.1 Å². The fraction of sp³-hybridized carbons (Fsp3) is 1.00. The lowest BCUT2D eigenvalue weighted by Gasteiger charge is -2.27. The van der Waals surface area contributed by atoms with E-state index >= 15 is 0 Å². The summed E-state index contributed by atoms with van der Waals surface area (Å²) in [6.45, 7) is 7.16. The van der Waals surface area contributed by atoms with E-state index in [2.05, 4.69) is 17.1 Å². The van der Waals surface area contributed by atoms with Crippen LogP contribution in [0.5, 0.6) is 0 Å². The first kappa shape index (κ1) is 13.9. The van der Waals surface area contributed by atoms with Gasteiger partial charge in [0.1, 0.15) is 0 Å². The van der Waals surface area contributed by atoms with Gasteiger partial charge in [0.2, 0.25) is 0 Å². The minimum absolute atomic E-state index is 0.290. The van der Waals surface area contributed by atoms with Crippen molar-refractivity contribution in [2.45, 2.75) is 31.9 Å². The van der Waals surface area contributed by atoms with Crippen LogP contribution in [0.2, 0.25) is 0 Å². The molecule has 1 saturated heterocycles. The molecule has 1 aliphatic heterocycles. The number of rotatable bonds is 8. The van der Waals surface area contributed by atoms with E-state index in [1.165, 1.54) is 19.4 Å². The minimum Gasteiger partial charge on any atom is -0.383 e. The third kappa shape index (κ3) is 5.25. The summed E-state index contributed by atoms with van der Waals surface area (Å²) in [5.74, 6) is 0. The van der Waals surface area contributed by atoms with Crippen LogP contribution < -0.4 is 5.32 Å². The Labute approximate surface area is 99.3 Å². The summed E-state index contributed by atoms with van der Waals surface area (Å²) in [4.78, 5) is 2.43. The van der Waals surface area contributed by atoms with Crippen LogP contribution in [0, 0.1) is 0 Å². The zero-order valence-corrected chi connectivity index (χ0v) is 10.9. The first-order valence-corrected chi connectivity index (χ1v) is 6.23. The Balaban J connectivity index is 2.29. The second-order valence-corrected chi connectivity index (χ2v) is 4.59. The van der Waals surface area contributed by atoms with Crippen molar-refractivity contribution in [1.29, 1.82) is 0 Å². The highest BCUT2D eigenvalue weighted by Crippen LogP contribution is 2.07. The highest BCUT2D eigenvalue weighted by molar-refractivity contribution is 4.78. The average molecular weight is 230 g/mol. The molecule has 2 atom stereocenters. The molecule has 0 amide bonds. The van der Waals surface area contributed by atoms with Crippen molar-refractivity contribution in [3.63, 3.8) is 0 Å². The Kier molecular flexibility index (Phi) is 6.96. The van der Waals surface area contributed by atoms with Crippen LogP contribution in [0.15, 0.2) is 0 Å². The van der Waals surface area contributed by atoms with Crippen molar-refractivity contribution in [2.75, 3.05) is 47.0 Å². The summed E-state index contributed by atoms with van der Waals surface area (Å²) in [6, 6.07) is 0.654. The van der Waals surface area contributed by atoms with E-state index in [-0.39, 0.29) is 0 Å². The fourth-order valence-corrected chi connectivity index (χ4v) is 2.14. The SMILES string of the molecule is COCCN(CC1CCCN1)CC(C)OC. The van der Waals surface area contributed by atoms with Gasteiger partial charge < -0.3 is 14.8 Å². The molecule has 4 heteroatoms. The smallest absolute Gasteiger partial charge is 0.0670 e. The standard InChI is InChI=1S/C12H26N2O2/c1-11(16-3)9-14(7-8-15-2)10-12-5-4-6-13-12/h11-13H,4-10H2,1-3H3. The molecule has 1 aliphatic rings. The topological polar surface area (TPSA) is 33.7 Å². The van der Waals surface area contributed by atoms with Crippen molar-refractivity contribution in [1.82, 2.24) is 10.2 Å². The molecule has 4 nitrogen and oxygen atoms in total. The molecule has 2 unspecified atom stereocenters. The van der Waals surface area contributed by atoms with E-state index < -0.39 is 0 Å². The third-order valence-corrected chi connectivity index (χ3v) is 3.17. The Morgan fingerprint density at radius 2 is 2.25 bits per heavy atom. The second kappa shape index (κ2) is 8.01. The molecule has 0 saturated carbocycles. The zero-order valence-electron chi connectivity index (χ0n) is 10.9. The first-order valence-electron chi connectivity index (χ1n) is 6.23. The summed E-state index contributed by atoms with van der Waals surface area (Å²) in [5.41, 5.74) is 0. The van der Waals surface area contributed by atoms with Gasteiger partial charge in [0.05, 0.1) is 12.7 Å². The van der Waals surface area contributed by atoms with E-state index in [4.69, 9.17) is 9.47 Å². The quantitative estimate of drug-likeness (QED) is 0.666. The summed E-state index contributed by atoms with van der Waals surface area (Å²) >= 11 is 0. The fourth-order valence-electron chi connectivity index (χ4n) is 2.14. The lowest BCUT2D eigenvalue weighted by atomic mass is 10.2. The molecule has 0 aromatic rings. The molecule has 16 heavy (non-hydrogen) atoms. The monoisotopic (exact) mass is 230 g/mol. The number of hydrogen-bond acceptors (Lipinski definition) is 4. The van der Waals surface area contributed by atoms with Crippen LogP contribution >= 0.6 is 0 Å². The van der Waals surface area contributed by atoms with Gasteiger partial charge in [-0.1, -0.05) is 0 Å². The minimum atomic E-state index is 0.290. The second-order valence-electron chi connectivity index (χ2n) is 4.59. The zero-order chi connectivity index (χ0) is 11.8. The Hall–Kier alpha value is -0.160. The predicted octanol–water partition coefficient (Wildman–Crippen LogP) is 0.722. The summed E-state index contributed by atoms with van der Waals surface area (Å²) in [6.07, 6.45) is 2.89. The first-order chi connectivity index (χ1) is 7.76. The van der Waals surface area contributed by atoms with Gasteiger partial charge in [0.25, 0.3) is 0 Å². The predicted molar refractivity (Wildman–Crippen MR) is 65.8 cm³/mol. The van der Waals surface area contributed by atoms with Gasteiger partial charge in [-0.25, -0.2) is 0 Å².